The third-order valence-corrected chi connectivity index (χ3v) is 3.09. The van der Waals surface area contributed by atoms with Gasteiger partial charge in [-0.05, 0) is 12.1 Å². The number of carbonyl (C=O) groups excluding carboxylic acids is 1. The van der Waals surface area contributed by atoms with E-state index < -0.39 is 16.6 Å². The van der Waals surface area contributed by atoms with Crippen LogP contribution in [0, 0.1) is 15.9 Å². The third-order valence-electron chi connectivity index (χ3n) is 2.78. The maximum absolute atomic E-state index is 13.7. The number of halogens is 2. The molecule has 0 saturated heterocycles. The van der Waals surface area contributed by atoms with Crippen LogP contribution in [0.2, 0.25) is 5.15 Å². The van der Waals surface area contributed by atoms with Gasteiger partial charge in [0, 0.05) is 13.1 Å². The molecule has 108 valence electrons. The number of aromatic nitrogens is 1. The van der Waals surface area contributed by atoms with Crippen molar-refractivity contribution in [2.24, 2.45) is 0 Å². The van der Waals surface area contributed by atoms with Crippen molar-refractivity contribution in [2.75, 3.05) is 11.9 Å². The van der Waals surface area contributed by atoms with Gasteiger partial charge in [-0.2, -0.15) is 0 Å². The van der Waals surface area contributed by atoms with Crippen LogP contribution in [0.15, 0.2) is 36.5 Å². The van der Waals surface area contributed by atoms with E-state index in [9.17, 15) is 19.3 Å². The summed E-state index contributed by atoms with van der Waals surface area (Å²) in [4.78, 5) is 27.0. The second-order valence-corrected chi connectivity index (χ2v) is 4.46. The van der Waals surface area contributed by atoms with Crippen molar-refractivity contribution in [3.05, 3.63) is 63.2 Å². The summed E-state index contributed by atoms with van der Waals surface area (Å²) in [5.74, 6) is -1.29. The molecule has 0 fully saturated rings. The van der Waals surface area contributed by atoms with Crippen molar-refractivity contribution in [3.8, 4) is 0 Å². The predicted octanol–water partition coefficient (Wildman–Crippen LogP) is 3.06. The Morgan fingerprint density at radius 2 is 2.10 bits per heavy atom. The van der Waals surface area contributed by atoms with Crippen LogP contribution >= 0.6 is 11.6 Å². The number of nitrogens with zero attached hydrogens (tertiary/aromatic N) is 3. The van der Waals surface area contributed by atoms with E-state index in [1.807, 2.05) is 0 Å². The molecule has 0 atom stereocenters. The van der Waals surface area contributed by atoms with Crippen LogP contribution in [0.3, 0.4) is 0 Å². The van der Waals surface area contributed by atoms with Crippen molar-refractivity contribution in [1.82, 2.24) is 4.98 Å². The number of benzene rings is 1. The zero-order valence-electron chi connectivity index (χ0n) is 10.8. The minimum Gasteiger partial charge on any atom is -0.309 e. The molecule has 0 saturated carbocycles. The minimum absolute atomic E-state index is 0.0325. The van der Waals surface area contributed by atoms with Gasteiger partial charge >= 0.3 is 0 Å². The molecular weight excluding hydrogens is 301 g/mol. The lowest BCUT2D eigenvalue weighted by Crippen LogP contribution is -2.27. The number of carbonyl (C=O) groups is 1. The molecule has 2 rings (SSSR count). The fraction of sp³-hybridized carbons (Fsp3) is 0.0769. The van der Waals surface area contributed by atoms with E-state index in [0.29, 0.717) is 0 Å². The van der Waals surface area contributed by atoms with Gasteiger partial charge in [-0.25, -0.2) is 9.37 Å². The molecule has 0 aliphatic carbocycles. The second-order valence-electron chi connectivity index (χ2n) is 4.10. The molecule has 1 heterocycles. The highest BCUT2D eigenvalue weighted by atomic mass is 35.5. The quantitative estimate of drug-likeness (QED) is 0.496. The Kier molecular flexibility index (Phi) is 4.13. The normalized spacial score (nSPS) is 10.2. The van der Waals surface area contributed by atoms with Gasteiger partial charge in [0.15, 0.2) is 0 Å². The van der Waals surface area contributed by atoms with Crippen LogP contribution in [0.1, 0.15) is 10.4 Å². The molecule has 1 aromatic heterocycles. The maximum Gasteiger partial charge on any atom is 0.288 e. The van der Waals surface area contributed by atoms with E-state index in [-0.39, 0.29) is 22.1 Å². The van der Waals surface area contributed by atoms with E-state index in [4.69, 9.17) is 11.6 Å². The van der Waals surface area contributed by atoms with Crippen LogP contribution in [-0.4, -0.2) is 22.9 Å². The van der Waals surface area contributed by atoms with E-state index in [2.05, 4.69) is 4.98 Å². The van der Waals surface area contributed by atoms with E-state index in [1.165, 1.54) is 25.2 Å². The van der Waals surface area contributed by atoms with Crippen molar-refractivity contribution < 1.29 is 14.1 Å². The van der Waals surface area contributed by atoms with Crippen LogP contribution in [-0.2, 0) is 0 Å². The van der Waals surface area contributed by atoms with Gasteiger partial charge in [-0.15, -0.1) is 0 Å². The van der Waals surface area contributed by atoms with Crippen LogP contribution in [0.25, 0.3) is 0 Å². The van der Waals surface area contributed by atoms with E-state index in [0.717, 1.165) is 17.2 Å². The maximum atomic E-state index is 13.7. The molecule has 8 heteroatoms. The molecule has 0 N–H and O–H groups in total. The number of pyridine rings is 1. The lowest BCUT2D eigenvalue weighted by Gasteiger charge is -2.18. The molecule has 0 unspecified atom stereocenters. The standard InChI is InChI=1S/C13H9ClFN3O3/c1-17(11-5-3-2-4-10(11)15)13(19)9-6-8(18(20)21)7-16-12(9)14/h2-7H,1H3. The molecule has 0 aliphatic heterocycles. The number of amides is 1. The van der Waals surface area contributed by atoms with Gasteiger partial charge < -0.3 is 4.90 Å². The van der Waals surface area contributed by atoms with Gasteiger partial charge in [0.2, 0.25) is 0 Å². The number of hydrogen-bond donors (Lipinski definition) is 0. The molecule has 21 heavy (non-hydrogen) atoms. The van der Waals surface area contributed by atoms with Gasteiger partial charge in [0.1, 0.15) is 17.2 Å². The number of anilines is 1. The zero-order valence-corrected chi connectivity index (χ0v) is 11.5. The zero-order chi connectivity index (χ0) is 15.6. The number of rotatable bonds is 3. The van der Waals surface area contributed by atoms with Crippen molar-refractivity contribution in [3.63, 3.8) is 0 Å². The summed E-state index contributed by atoms with van der Waals surface area (Å²) in [5.41, 5.74) is -0.508. The van der Waals surface area contributed by atoms with Crippen molar-refractivity contribution >= 4 is 28.9 Å². The topological polar surface area (TPSA) is 76.3 Å². The molecule has 1 aromatic carbocycles. The molecule has 1 amide bonds. The summed E-state index contributed by atoms with van der Waals surface area (Å²) >= 11 is 5.79. The Labute approximate surface area is 123 Å². The summed E-state index contributed by atoms with van der Waals surface area (Å²) in [7, 11) is 1.34. The SMILES string of the molecule is CN(C(=O)c1cc([N+](=O)[O-])cnc1Cl)c1ccccc1F. The van der Waals surface area contributed by atoms with Gasteiger partial charge in [-0.3, -0.25) is 14.9 Å². The summed E-state index contributed by atoms with van der Waals surface area (Å²) in [6, 6.07) is 6.67. The first-order valence-corrected chi connectivity index (χ1v) is 6.12. The molecular formula is C13H9ClFN3O3. The Morgan fingerprint density at radius 1 is 1.43 bits per heavy atom. The minimum atomic E-state index is -0.693. The lowest BCUT2D eigenvalue weighted by molar-refractivity contribution is -0.385. The number of nitro groups is 1. The largest absolute Gasteiger partial charge is 0.309 e. The first-order valence-electron chi connectivity index (χ1n) is 5.74. The summed E-state index contributed by atoms with van der Waals surface area (Å²) < 4.78 is 13.7. The third kappa shape index (κ3) is 2.97. The highest BCUT2D eigenvalue weighted by Gasteiger charge is 2.22. The summed E-state index contributed by atoms with van der Waals surface area (Å²) in [6.07, 6.45) is 0.947. The van der Waals surface area contributed by atoms with E-state index >= 15 is 0 Å². The molecule has 0 radical (unpaired) electrons. The Hall–Kier alpha value is -2.54. The average Bonchev–Trinajstić information content (AvgIpc) is 2.46. The van der Waals surface area contributed by atoms with Crippen LogP contribution < -0.4 is 4.90 Å². The van der Waals surface area contributed by atoms with E-state index in [1.54, 1.807) is 6.07 Å². The fourth-order valence-electron chi connectivity index (χ4n) is 1.70. The predicted molar refractivity (Wildman–Crippen MR) is 75.0 cm³/mol. The summed E-state index contributed by atoms with van der Waals surface area (Å²) in [6.45, 7) is 0. The Morgan fingerprint density at radius 3 is 2.71 bits per heavy atom. The number of para-hydroxylation sites is 1. The first-order chi connectivity index (χ1) is 9.91. The van der Waals surface area contributed by atoms with Gasteiger partial charge in [0.25, 0.3) is 11.6 Å². The summed E-state index contributed by atoms with van der Waals surface area (Å²) in [5, 5.41) is 10.5. The molecule has 2 aromatic rings. The Bertz CT molecular complexity index is 724. The molecule has 0 spiro atoms. The van der Waals surface area contributed by atoms with Crippen molar-refractivity contribution in [2.45, 2.75) is 0 Å². The van der Waals surface area contributed by atoms with Crippen molar-refractivity contribution in [1.29, 1.82) is 0 Å². The lowest BCUT2D eigenvalue weighted by atomic mass is 10.2. The number of hydrogen-bond acceptors (Lipinski definition) is 4. The highest BCUT2D eigenvalue weighted by Crippen LogP contribution is 2.24. The van der Waals surface area contributed by atoms with Gasteiger partial charge in [0.05, 0.1) is 16.2 Å². The smallest absolute Gasteiger partial charge is 0.288 e. The van der Waals surface area contributed by atoms with Crippen LogP contribution in [0.5, 0.6) is 0 Å². The van der Waals surface area contributed by atoms with Crippen LogP contribution in [0.4, 0.5) is 15.8 Å². The van der Waals surface area contributed by atoms with Gasteiger partial charge in [-0.1, -0.05) is 23.7 Å². The first kappa shape index (κ1) is 14.9. The average molecular weight is 310 g/mol. The monoisotopic (exact) mass is 309 g/mol. The molecule has 0 bridgehead atoms. The highest BCUT2D eigenvalue weighted by molar-refractivity contribution is 6.33. The molecule has 0 aliphatic rings. The second kappa shape index (κ2) is 5.84. The Balaban J connectivity index is 2.42. The fourth-order valence-corrected chi connectivity index (χ4v) is 1.88. The molecule has 6 nitrogen and oxygen atoms in total.